The van der Waals surface area contributed by atoms with E-state index in [-0.39, 0.29) is 0 Å². The molecule has 0 spiro atoms. The summed E-state index contributed by atoms with van der Waals surface area (Å²) < 4.78 is 0. The molecule has 0 radical (unpaired) electrons. The topological polar surface area (TPSA) is 15.3 Å². The minimum Gasteiger partial charge on any atom is -0.371 e. The van der Waals surface area contributed by atoms with Crippen molar-refractivity contribution in [1.82, 2.24) is 5.32 Å². The maximum Gasteiger partial charge on any atom is 0.0412 e. The van der Waals surface area contributed by atoms with Crippen molar-refractivity contribution in [2.45, 2.75) is 46.6 Å². The van der Waals surface area contributed by atoms with Gasteiger partial charge in [0.1, 0.15) is 0 Å². The summed E-state index contributed by atoms with van der Waals surface area (Å²) in [6.45, 7) is 11.3. The van der Waals surface area contributed by atoms with Gasteiger partial charge in [-0.1, -0.05) is 39.0 Å². The molecule has 106 valence electrons. The van der Waals surface area contributed by atoms with Crippen molar-refractivity contribution in [2.24, 2.45) is 5.41 Å². The maximum absolute atomic E-state index is 3.45. The number of nitrogens with one attached hydrogen (secondary N) is 1. The number of benzene rings is 1. The van der Waals surface area contributed by atoms with Crippen molar-refractivity contribution in [3.05, 3.63) is 29.8 Å². The summed E-state index contributed by atoms with van der Waals surface area (Å²) in [5.41, 5.74) is 3.42. The lowest BCUT2D eigenvalue weighted by Gasteiger charge is -2.28. The fraction of sp³-hybridized carbons (Fsp3) is 0.647. The van der Waals surface area contributed by atoms with E-state index >= 15 is 0 Å². The fourth-order valence-corrected chi connectivity index (χ4v) is 3.20. The third-order valence-corrected chi connectivity index (χ3v) is 4.84. The molecule has 0 bridgehead atoms. The van der Waals surface area contributed by atoms with Gasteiger partial charge in [0, 0.05) is 25.3 Å². The van der Waals surface area contributed by atoms with E-state index in [2.05, 4.69) is 55.3 Å². The van der Waals surface area contributed by atoms with E-state index in [4.69, 9.17) is 0 Å². The molecule has 2 heteroatoms. The van der Waals surface area contributed by atoms with Crippen molar-refractivity contribution < 1.29 is 0 Å². The molecule has 0 amide bonds. The third-order valence-electron chi connectivity index (χ3n) is 4.84. The van der Waals surface area contributed by atoms with Crippen molar-refractivity contribution in [3.8, 4) is 0 Å². The Balaban J connectivity index is 2.14. The van der Waals surface area contributed by atoms with E-state index in [1.807, 2.05) is 0 Å². The van der Waals surface area contributed by atoms with E-state index in [1.165, 1.54) is 43.6 Å². The van der Waals surface area contributed by atoms with Gasteiger partial charge >= 0.3 is 0 Å². The van der Waals surface area contributed by atoms with Gasteiger partial charge in [-0.25, -0.2) is 0 Å². The van der Waals surface area contributed by atoms with Crippen LogP contribution in [-0.4, -0.2) is 19.6 Å². The molecular formula is C17H28N2. The van der Waals surface area contributed by atoms with Gasteiger partial charge in [-0.15, -0.1) is 0 Å². The molecule has 1 aromatic rings. The highest BCUT2D eigenvalue weighted by molar-refractivity contribution is 5.54. The molecule has 1 saturated heterocycles. The molecule has 1 N–H and O–H groups in total. The van der Waals surface area contributed by atoms with Crippen LogP contribution in [0, 0.1) is 5.41 Å². The largest absolute Gasteiger partial charge is 0.371 e. The molecule has 1 aliphatic heterocycles. The first-order chi connectivity index (χ1) is 9.24. The molecule has 1 aromatic carbocycles. The molecular weight excluding hydrogens is 232 g/mol. The number of hydrogen-bond acceptors (Lipinski definition) is 2. The monoisotopic (exact) mass is 260 g/mol. The summed E-state index contributed by atoms with van der Waals surface area (Å²) in [6, 6.07) is 8.87. The van der Waals surface area contributed by atoms with Crippen LogP contribution in [0.5, 0.6) is 0 Å². The number of rotatable bonds is 6. The lowest BCUT2D eigenvalue weighted by molar-refractivity contribution is 0.301. The van der Waals surface area contributed by atoms with E-state index in [0.29, 0.717) is 5.41 Å². The summed E-state index contributed by atoms with van der Waals surface area (Å²) in [5, 5.41) is 3.45. The SMILES string of the molecule is CCNCc1ccccc1N1CCC(CC)(CC)C1. The van der Waals surface area contributed by atoms with Crippen LogP contribution in [0.15, 0.2) is 24.3 Å². The van der Waals surface area contributed by atoms with E-state index in [1.54, 1.807) is 0 Å². The average Bonchev–Trinajstić information content (AvgIpc) is 2.90. The molecule has 1 fully saturated rings. The molecule has 0 aliphatic carbocycles. The summed E-state index contributed by atoms with van der Waals surface area (Å²) in [4.78, 5) is 2.60. The van der Waals surface area contributed by atoms with Crippen molar-refractivity contribution in [2.75, 3.05) is 24.5 Å². The van der Waals surface area contributed by atoms with Crippen LogP contribution in [0.4, 0.5) is 5.69 Å². The lowest BCUT2D eigenvalue weighted by atomic mass is 9.82. The average molecular weight is 260 g/mol. The van der Waals surface area contributed by atoms with Crippen LogP contribution in [0.1, 0.15) is 45.6 Å². The van der Waals surface area contributed by atoms with Crippen molar-refractivity contribution in [1.29, 1.82) is 0 Å². The van der Waals surface area contributed by atoms with Crippen LogP contribution < -0.4 is 10.2 Å². The van der Waals surface area contributed by atoms with Gasteiger partial charge in [0.05, 0.1) is 0 Å². The normalized spacial score (nSPS) is 17.9. The van der Waals surface area contributed by atoms with Crippen LogP contribution in [0.3, 0.4) is 0 Å². The number of anilines is 1. The Bertz CT molecular complexity index is 396. The van der Waals surface area contributed by atoms with Crippen molar-refractivity contribution in [3.63, 3.8) is 0 Å². The zero-order valence-corrected chi connectivity index (χ0v) is 12.7. The molecule has 0 unspecified atom stereocenters. The lowest BCUT2D eigenvalue weighted by Crippen LogP contribution is -2.27. The first kappa shape index (κ1) is 14.4. The molecule has 19 heavy (non-hydrogen) atoms. The smallest absolute Gasteiger partial charge is 0.0412 e. The number of hydrogen-bond donors (Lipinski definition) is 1. The minimum absolute atomic E-state index is 0.547. The fourth-order valence-electron chi connectivity index (χ4n) is 3.20. The maximum atomic E-state index is 3.45. The highest BCUT2D eigenvalue weighted by atomic mass is 15.2. The zero-order chi connectivity index (χ0) is 13.7. The standard InChI is InChI=1S/C17H28N2/c1-4-17(5-2)11-12-19(14-17)16-10-8-7-9-15(16)13-18-6-3/h7-10,18H,4-6,11-14H2,1-3H3. The van der Waals surface area contributed by atoms with Gasteiger partial charge in [0.2, 0.25) is 0 Å². The molecule has 2 nitrogen and oxygen atoms in total. The van der Waals surface area contributed by atoms with Crippen LogP contribution >= 0.6 is 0 Å². The Morgan fingerprint density at radius 2 is 1.89 bits per heavy atom. The van der Waals surface area contributed by atoms with Gasteiger partial charge in [-0.2, -0.15) is 0 Å². The van der Waals surface area contributed by atoms with Gasteiger partial charge in [0.15, 0.2) is 0 Å². The predicted molar refractivity (Wildman–Crippen MR) is 83.7 cm³/mol. The van der Waals surface area contributed by atoms with Gasteiger partial charge < -0.3 is 10.2 Å². The van der Waals surface area contributed by atoms with Crippen molar-refractivity contribution >= 4 is 5.69 Å². The Morgan fingerprint density at radius 1 is 1.16 bits per heavy atom. The first-order valence-corrected chi connectivity index (χ1v) is 7.78. The quantitative estimate of drug-likeness (QED) is 0.836. The molecule has 1 heterocycles. The predicted octanol–water partition coefficient (Wildman–Crippen LogP) is 3.81. The van der Waals surface area contributed by atoms with Gasteiger partial charge in [-0.3, -0.25) is 0 Å². The summed E-state index contributed by atoms with van der Waals surface area (Å²) >= 11 is 0. The first-order valence-electron chi connectivity index (χ1n) is 7.78. The molecule has 0 aromatic heterocycles. The Hall–Kier alpha value is -1.02. The van der Waals surface area contributed by atoms with E-state index in [9.17, 15) is 0 Å². The highest BCUT2D eigenvalue weighted by Crippen LogP contribution is 2.39. The second-order valence-corrected chi connectivity index (χ2v) is 5.79. The van der Waals surface area contributed by atoms with Crippen LogP contribution in [-0.2, 0) is 6.54 Å². The Labute approximate surface area is 118 Å². The molecule has 1 aliphatic rings. The highest BCUT2D eigenvalue weighted by Gasteiger charge is 2.35. The third kappa shape index (κ3) is 3.11. The van der Waals surface area contributed by atoms with Gasteiger partial charge in [-0.05, 0) is 42.9 Å². The van der Waals surface area contributed by atoms with Crippen LogP contribution in [0.2, 0.25) is 0 Å². The van der Waals surface area contributed by atoms with Crippen LogP contribution in [0.25, 0.3) is 0 Å². The summed E-state index contributed by atoms with van der Waals surface area (Å²) in [7, 11) is 0. The second-order valence-electron chi connectivity index (χ2n) is 5.79. The second kappa shape index (κ2) is 6.42. The summed E-state index contributed by atoms with van der Waals surface area (Å²) in [6.07, 6.45) is 3.94. The number of nitrogens with zero attached hydrogens (tertiary/aromatic N) is 1. The van der Waals surface area contributed by atoms with E-state index in [0.717, 1.165) is 13.1 Å². The van der Waals surface area contributed by atoms with Gasteiger partial charge in [0.25, 0.3) is 0 Å². The Morgan fingerprint density at radius 3 is 2.53 bits per heavy atom. The number of para-hydroxylation sites is 1. The molecule has 2 rings (SSSR count). The van der Waals surface area contributed by atoms with E-state index < -0.39 is 0 Å². The Kier molecular flexibility index (Phi) is 4.87. The molecule has 0 atom stereocenters. The summed E-state index contributed by atoms with van der Waals surface area (Å²) in [5.74, 6) is 0. The molecule has 0 saturated carbocycles. The zero-order valence-electron chi connectivity index (χ0n) is 12.7. The minimum atomic E-state index is 0.547.